The van der Waals surface area contributed by atoms with Crippen LogP contribution in [0.1, 0.15) is 64.9 Å². The Labute approximate surface area is 206 Å². The number of nitriles is 1. The van der Waals surface area contributed by atoms with Crippen molar-refractivity contribution in [2.75, 3.05) is 13.1 Å². The average molecular weight is 472 g/mol. The molecule has 0 saturated carbocycles. The van der Waals surface area contributed by atoms with Gasteiger partial charge in [-0.25, -0.2) is 4.98 Å². The Kier molecular flexibility index (Phi) is 8.56. The van der Waals surface area contributed by atoms with E-state index in [2.05, 4.69) is 0 Å². The van der Waals surface area contributed by atoms with Crippen molar-refractivity contribution in [1.29, 1.82) is 5.26 Å². The number of rotatable bonds is 9. The maximum Gasteiger partial charge on any atom is 0.272 e. The molecule has 0 spiro atoms. The molecule has 2 N–H and O–H groups in total. The van der Waals surface area contributed by atoms with E-state index in [9.17, 15) is 14.9 Å². The number of amides is 1. The van der Waals surface area contributed by atoms with E-state index < -0.39 is 11.6 Å². The first-order valence-corrected chi connectivity index (χ1v) is 11.9. The Morgan fingerprint density at radius 1 is 1.11 bits per heavy atom. The van der Waals surface area contributed by atoms with Gasteiger partial charge in [-0.3, -0.25) is 14.2 Å². The van der Waals surface area contributed by atoms with Crippen molar-refractivity contribution in [3.05, 3.63) is 98.7 Å². The van der Waals surface area contributed by atoms with Crippen LogP contribution in [0.4, 0.5) is 0 Å². The fraction of sp³-hybridized carbons (Fsp3) is 0.357. The van der Waals surface area contributed by atoms with E-state index in [0.717, 1.165) is 11.1 Å². The number of carbonyl (C=O) groups is 1. The fourth-order valence-corrected chi connectivity index (χ4v) is 4.24. The maximum atomic E-state index is 13.8. The molecule has 0 saturated heterocycles. The van der Waals surface area contributed by atoms with Gasteiger partial charge in [-0.15, -0.1) is 0 Å². The number of aromatic nitrogens is 2. The first-order valence-electron chi connectivity index (χ1n) is 11.9. The summed E-state index contributed by atoms with van der Waals surface area (Å²) in [4.78, 5) is 33.8. The maximum absolute atomic E-state index is 13.8. The minimum absolute atomic E-state index is 0.0190. The molecular weight excluding hydrogens is 438 g/mol. The summed E-state index contributed by atoms with van der Waals surface area (Å²) in [5.74, 6) is 0.283. The van der Waals surface area contributed by atoms with Gasteiger partial charge in [0.25, 0.3) is 11.5 Å². The number of hydrogen-bond donors (Lipinski definition) is 1. The van der Waals surface area contributed by atoms with Gasteiger partial charge >= 0.3 is 0 Å². The molecule has 1 atom stereocenters. The molecule has 1 unspecified atom stereocenters. The highest BCUT2D eigenvalue weighted by molar-refractivity contribution is 5.94. The van der Waals surface area contributed by atoms with Gasteiger partial charge in [-0.2, -0.15) is 5.26 Å². The Morgan fingerprint density at radius 3 is 2.34 bits per heavy atom. The molecule has 7 nitrogen and oxygen atoms in total. The predicted molar refractivity (Wildman–Crippen MR) is 137 cm³/mol. The quantitative estimate of drug-likeness (QED) is 0.508. The number of nitrogens with two attached hydrogens (primary N) is 1. The SMILES string of the molecule is Cc1ccc(C(=O)N(CCCN)C(c2nc(C)c(C#N)c(=O)n2Cc2ccccc2)C(C)C)cc1. The summed E-state index contributed by atoms with van der Waals surface area (Å²) in [6, 6.07) is 18.6. The molecule has 35 heavy (non-hydrogen) atoms. The Balaban J connectivity index is 2.21. The van der Waals surface area contributed by atoms with Crippen molar-refractivity contribution in [3.63, 3.8) is 0 Å². The number of hydrogen-bond acceptors (Lipinski definition) is 5. The zero-order chi connectivity index (χ0) is 25.5. The van der Waals surface area contributed by atoms with E-state index in [-0.39, 0.29) is 23.9 Å². The molecule has 3 aromatic rings. The summed E-state index contributed by atoms with van der Waals surface area (Å²) < 4.78 is 1.55. The van der Waals surface area contributed by atoms with Crippen molar-refractivity contribution in [1.82, 2.24) is 14.5 Å². The number of aryl methyl sites for hydroxylation is 2. The predicted octanol–water partition coefficient (Wildman–Crippen LogP) is 3.97. The van der Waals surface area contributed by atoms with Gasteiger partial charge in [0.2, 0.25) is 0 Å². The Morgan fingerprint density at radius 2 is 1.77 bits per heavy atom. The number of benzene rings is 2. The van der Waals surface area contributed by atoms with Gasteiger partial charge in [-0.1, -0.05) is 61.9 Å². The minimum Gasteiger partial charge on any atom is -0.330 e. The van der Waals surface area contributed by atoms with Crippen LogP contribution in [0.2, 0.25) is 0 Å². The number of nitrogens with zero attached hydrogens (tertiary/aromatic N) is 4. The van der Waals surface area contributed by atoms with Crippen molar-refractivity contribution in [2.24, 2.45) is 11.7 Å². The Bertz CT molecular complexity index is 1260. The first-order chi connectivity index (χ1) is 16.8. The summed E-state index contributed by atoms with van der Waals surface area (Å²) in [5, 5.41) is 9.63. The van der Waals surface area contributed by atoms with E-state index >= 15 is 0 Å². The monoisotopic (exact) mass is 471 g/mol. The molecule has 0 radical (unpaired) electrons. The molecule has 1 aromatic heterocycles. The van der Waals surface area contributed by atoms with Gasteiger partial charge < -0.3 is 10.6 Å². The molecule has 1 amide bonds. The topological polar surface area (TPSA) is 105 Å². The lowest BCUT2D eigenvalue weighted by Gasteiger charge is -2.35. The van der Waals surface area contributed by atoms with Crippen molar-refractivity contribution >= 4 is 5.91 Å². The molecule has 182 valence electrons. The fourth-order valence-electron chi connectivity index (χ4n) is 4.24. The second kappa shape index (κ2) is 11.6. The highest BCUT2D eigenvalue weighted by atomic mass is 16.2. The van der Waals surface area contributed by atoms with Crippen LogP contribution in [0, 0.1) is 31.1 Å². The molecule has 7 heteroatoms. The van der Waals surface area contributed by atoms with Crippen LogP contribution in [-0.4, -0.2) is 33.4 Å². The summed E-state index contributed by atoms with van der Waals surface area (Å²) in [5.41, 5.74) is 8.36. The van der Waals surface area contributed by atoms with Crippen molar-refractivity contribution in [2.45, 2.75) is 46.7 Å². The molecule has 0 aliphatic rings. The van der Waals surface area contributed by atoms with Crippen LogP contribution >= 0.6 is 0 Å². The van der Waals surface area contributed by atoms with E-state index in [1.807, 2.05) is 81.4 Å². The lowest BCUT2D eigenvalue weighted by Crippen LogP contribution is -2.43. The third kappa shape index (κ3) is 5.84. The summed E-state index contributed by atoms with van der Waals surface area (Å²) in [7, 11) is 0. The van der Waals surface area contributed by atoms with Crippen LogP contribution in [0.15, 0.2) is 59.4 Å². The molecule has 0 aliphatic carbocycles. The molecular formula is C28H33N5O2. The number of carbonyl (C=O) groups excluding carboxylic acids is 1. The zero-order valence-corrected chi connectivity index (χ0v) is 20.9. The van der Waals surface area contributed by atoms with Crippen molar-refractivity contribution < 1.29 is 4.79 Å². The van der Waals surface area contributed by atoms with Crippen LogP contribution in [-0.2, 0) is 6.54 Å². The minimum atomic E-state index is -0.488. The van der Waals surface area contributed by atoms with E-state index in [4.69, 9.17) is 10.7 Å². The van der Waals surface area contributed by atoms with Crippen LogP contribution < -0.4 is 11.3 Å². The first kappa shape index (κ1) is 25.9. The lowest BCUT2D eigenvalue weighted by molar-refractivity contribution is 0.0601. The van der Waals surface area contributed by atoms with Gasteiger partial charge in [-0.05, 0) is 50.4 Å². The van der Waals surface area contributed by atoms with E-state index in [0.29, 0.717) is 36.6 Å². The van der Waals surface area contributed by atoms with E-state index in [1.165, 1.54) is 0 Å². The second-order valence-electron chi connectivity index (χ2n) is 9.11. The van der Waals surface area contributed by atoms with Crippen LogP contribution in [0.3, 0.4) is 0 Å². The molecule has 0 bridgehead atoms. The lowest BCUT2D eigenvalue weighted by atomic mass is 9.98. The molecule has 2 aromatic carbocycles. The summed E-state index contributed by atoms with van der Waals surface area (Å²) in [6.07, 6.45) is 0.610. The third-order valence-electron chi connectivity index (χ3n) is 6.07. The largest absolute Gasteiger partial charge is 0.330 e. The van der Waals surface area contributed by atoms with Gasteiger partial charge in [0, 0.05) is 12.1 Å². The van der Waals surface area contributed by atoms with Gasteiger partial charge in [0.1, 0.15) is 17.5 Å². The third-order valence-corrected chi connectivity index (χ3v) is 6.07. The Hall–Kier alpha value is -3.76. The van der Waals surface area contributed by atoms with Gasteiger partial charge in [0.15, 0.2) is 0 Å². The molecule has 0 fully saturated rings. The molecule has 3 rings (SSSR count). The second-order valence-corrected chi connectivity index (χ2v) is 9.11. The van der Waals surface area contributed by atoms with Gasteiger partial charge in [0.05, 0.1) is 18.3 Å². The zero-order valence-electron chi connectivity index (χ0n) is 20.9. The standard InChI is InChI=1S/C28H33N5O2/c1-19(2)25(32(16-8-15-29)27(34)23-13-11-20(3)12-14-23)26-31-21(4)24(17-30)28(35)33(26)18-22-9-6-5-7-10-22/h5-7,9-14,19,25H,8,15-16,18,29H2,1-4H3. The van der Waals surface area contributed by atoms with Crippen LogP contribution in [0.25, 0.3) is 0 Å². The summed E-state index contributed by atoms with van der Waals surface area (Å²) >= 11 is 0. The summed E-state index contributed by atoms with van der Waals surface area (Å²) in [6.45, 7) is 8.77. The smallest absolute Gasteiger partial charge is 0.272 e. The van der Waals surface area contributed by atoms with Crippen molar-refractivity contribution in [3.8, 4) is 6.07 Å². The normalized spacial score (nSPS) is 11.8. The molecule has 0 aliphatic heterocycles. The molecule has 1 heterocycles. The highest BCUT2D eigenvalue weighted by Gasteiger charge is 2.33. The van der Waals surface area contributed by atoms with E-state index in [1.54, 1.807) is 16.4 Å². The average Bonchev–Trinajstić information content (AvgIpc) is 2.84. The highest BCUT2D eigenvalue weighted by Crippen LogP contribution is 2.30. The van der Waals surface area contributed by atoms with Crippen LogP contribution in [0.5, 0.6) is 0 Å².